The first-order valence-electron chi connectivity index (χ1n) is 12.4. The maximum atomic E-state index is 13.0. The Kier molecular flexibility index (Phi) is 6.45. The summed E-state index contributed by atoms with van der Waals surface area (Å²) in [7, 11) is 0. The zero-order valence-electron chi connectivity index (χ0n) is 19.5. The summed E-state index contributed by atoms with van der Waals surface area (Å²) in [6.07, 6.45) is 10.5. The number of nitrogen functional groups attached to an aromatic ring is 1. The molecule has 0 radical (unpaired) electrons. The van der Waals surface area contributed by atoms with Gasteiger partial charge in [-0.3, -0.25) is 0 Å². The predicted octanol–water partition coefficient (Wildman–Crippen LogP) is 3.60. The van der Waals surface area contributed by atoms with Gasteiger partial charge in [-0.05, 0) is 55.7 Å². The van der Waals surface area contributed by atoms with E-state index in [1.165, 1.54) is 16.3 Å². The molecule has 3 aromatic rings. The van der Waals surface area contributed by atoms with Gasteiger partial charge in [0.25, 0.3) is 0 Å². The molecular weight excluding hydrogens is 413 g/mol. The Labute approximate surface area is 194 Å². The Morgan fingerprint density at radius 1 is 1.09 bits per heavy atom. The van der Waals surface area contributed by atoms with Crippen LogP contribution in [0.15, 0.2) is 24.3 Å². The number of rotatable bonds is 9. The lowest BCUT2D eigenvalue weighted by atomic mass is 9.83. The van der Waals surface area contributed by atoms with E-state index < -0.39 is 6.17 Å². The first kappa shape index (κ1) is 22.1. The summed E-state index contributed by atoms with van der Waals surface area (Å²) >= 11 is 0. The second-order valence-electron chi connectivity index (χ2n) is 9.58. The highest BCUT2D eigenvalue weighted by molar-refractivity contribution is 5.86. The highest BCUT2D eigenvalue weighted by Crippen LogP contribution is 2.29. The van der Waals surface area contributed by atoms with Crippen LogP contribution in [0.5, 0.6) is 0 Å². The number of nitrogens with one attached hydrogen (secondary N) is 1. The van der Waals surface area contributed by atoms with Crippen LogP contribution in [-0.4, -0.2) is 27.3 Å². The zero-order valence-corrected chi connectivity index (χ0v) is 19.5. The second-order valence-corrected chi connectivity index (χ2v) is 9.58. The summed E-state index contributed by atoms with van der Waals surface area (Å²) in [5.41, 5.74) is 10.8. The fourth-order valence-electron chi connectivity index (χ4n) is 5.00. The standard InChI is InChI=1S/C27H34FN5/c1-2-3-8-24-32-25-26(22-6-4-5-7-23(22)31-27(25)29)33(24)17-19-11-9-18(10-12-19)15-30-16-20-13-21(28)14-20/h6-7,9-12,20-21,30H,2-5,8,13-17H2,1H3,(H2,29,31). The Balaban J connectivity index is 1.40. The fourth-order valence-corrected chi connectivity index (χ4v) is 5.00. The Bertz CT molecular complexity index is 1240. The molecule has 2 aliphatic carbocycles. The lowest BCUT2D eigenvalue weighted by Gasteiger charge is -2.29. The summed E-state index contributed by atoms with van der Waals surface area (Å²) in [6.45, 7) is 4.70. The van der Waals surface area contributed by atoms with Crippen molar-refractivity contribution in [3.05, 3.63) is 51.8 Å². The number of benzene rings is 1. The number of anilines is 1. The molecule has 0 aliphatic heterocycles. The third-order valence-corrected chi connectivity index (χ3v) is 6.97. The second kappa shape index (κ2) is 9.64. The molecule has 0 amide bonds. The smallest absolute Gasteiger partial charge is 0.152 e. The highest BCUT2D eigenvalue weighted by atomic mass is 19.1. The van der Waals surface area contributed by atoms with Gasteiger partial charge in [-0.25, -0.2) is 14.4 Å². The number of nitrogens with zero attached hydrogens (tertiary/aromatic N) is 3. The Hall–Kier alpha value is -2.73. The number of fused-ring (bicyclic) bond motifs is 3. The summed E-state index contributed by atoms with van der Waals surface area (Å²) in [4.78, 5) is 9.59. The largest absolute Gasteiger partial charge is 0.382 e. The van der Waals surface area contributed by atoms with E-state index in [2.05, 4.69) is 58.2 Å². The van der Waals surface area contributed by atoms with Gasteiger partial charge < -0.3 is 15.6 Å². The number of unbranched alkanes of at least 4 members (excludes halogenated alkanes) is 1. The molecule has 5 nitrogen and oxygen atoms in total. The molecule has 174 valence electrons. The average Bonchev–Trinajstić information content (AvgIpc) is 3.16. The summed E-state index contributed by atoms with van der Waals surface area (Å²) in [5.74, 6) is 2.11. The summed E-state index contributed by atoms with van der Waals surface area (Å²) in [6, 6.07) is 8.80. The number of halogens is 1. The normalized spacial score (nSPS) is 19.6. The van der Waals surface area contributed by atoms with Crippen molar-refractivity contribution in [2.45, 2.75) is 71.1 Å². The van der Waals surface area contributed by atoms with Crippen molar-refractivity contribution in [2.24, 2.45) is 5.92 Å². The van der Waals surface area contributed by atoms with Gasteiger partial charge in [0.15, 0.2) is 5.82 Å². The van der Waals surface area contributed by atoms with E-state index in [1.807, 2.05) is 0 Å². The van der Waals surface area contributed by atoms with Crippen LogP contribution in [-0.2, 0) is 19.5 Å². The first-order valence-corrected chi connectivity index (χ1v) is 12.4. The zero-order chi connectivity index (χ0) is 22.8. The Morgan fingerprint density at radius 3 is 2.61 bits per heavy atom. The van der Waals surface area contributed by atoms with Crippen molar-refractivity contribution in [3.63, 3.8) is 0 Å². The molecule has 0 spiro atoms. The molecule has 1 saturated carbocycles. The van der Waals surface area contributed by atoms with E-state index in [0.29, 0.717) is 24.6 Å². The van der Waals surface area contributed by atoms with Crippen LogP contribution < -0.4 is 21.6 Å². The molecule has 1 fully saturated rings. The van der Waals surface area contributed by atoms with Crippen LogP contribution in [0.1, 0.15) is 62.4 Å². The van der Waals surface area contributed by atoms with Crippen molar-refractivity contribution >= 4 is 29.0 Å². The molecule has 0 atom stereocenters. The third kappa shape index (κ3) is 4.67. The van der Waals surface area contributed by atoms with E-state index in [-0.39, 0.29) is 0 Å². The molecule has 0 unspecified atom stereocenters. The number of nitrogens with two attached hydrogens (primary N) is 1. The van der Waals surface area contributed by atoms with Crippen LogP contribution in [0.4, 0.5) is 10.2 Å². The van der Waals surface area contributed by atoms with Crippen LogP contribution in [0.25, 0.3) is 23.2 Å². The topological polar surface area (TPSA) is 68.8 Å². The van der Waals surface area contributed by atoms with E-state index >= 15 is 0 Å². The molecular formula is C27H34FN5. The maximum absolute atomic E-state index is 13.0. The number of alkyl halides is 1. The molecule has 2 aromatic heterocycles. The third-order valence-electron chi connectivity index (χ3n) is 6.97. The maximum Gasteiger partial charge on any atom is 0.152 e. The van der Waals surface area contributed by atoms with Crippen LogP contribution >= 0.6 is 0 Å². The Morgan fingerprint density at radius 2 is 1.85 bits per heavy atom. The van der Waals surface area contributed by atoms with Gasteiger partial charge in [0.2, 0.25) is 0 Å². The molecule has 1 aromatic carbocycles. The van der Waals surface area contributed by atoms with E-state index in [9.17, 15) is 4.39 Å². The number of pyridine rings is 1. The monoisotopic (exact) mass is 447 g/mol. The van der Waals surface area contributed by atoms with Gasteiger partial charge in [0, 0.05) is 24.7 Å². The van der Waals surface area contributed by atoms with Crippen LogP contribution in [0, 0.1) is 5.92 Å². The van der Waals surface area contributed by atoms with Gasteiger partial charge in [0.05, 0.1) is 10.9 Å². The minimum absolute atomic E-state index is 0.497. The van der Waals surface area contributed by atoms with Gasteiger partial charge >= 0.3 is 0 Å². The number of aryl methyl sites for hydroxylation is 1. The quantitative estimate of drug-likeness (QED) is 0.526. The van der Waals surface area contributed by atoms with Gasteiger partial charge in [0.1, 0.15) is 17.5 Å². The predicted molar refractivity (Wildman–Crippen MR) is 133 cm³/mol. The first-order chi connectivity index (χ1) is 16.1. The minimum Gasteiger partial charge on any atom is -0.382 e. The minimum atomic E-state index is -0.579. The molecule has 0 saturated heterocycles. The van der Waals surface area contributed by atoms with Crippen molar-refractivity contribution in [1.82, 2.24) is 19.9 Å². The van der Waals surface area contributed by atoms with Crippen molar-refractivity contribution < 1.29 is 4.39 Å². The molecule has 0 bridgehead atoms. The van der Waals surface area contributed by atoms with E-state index in [0.717, 1.165) is 73.9 Å². The molecule has 2 aliphatic rings. The van der Waals surface area contributed by atoms with E-state index in [1.54, 1.807) is 0 Å². The number of aromatic nitrogens is 3. The SMILES string of the molecule is CCCCc1nc2c(N)nc3c(c2n1Cc1ccc(CNCC2CC(F)C2)cc1)=CCCC=3. The molecule has 33 heavy (non-hydrogen) atoms. The molecule has 3 N–H and O–H groups in total. The summed E-state index contributed by atoms with van der Waals surface area (Å²) < 4.78 is 15.3. The summed E-state index contributed by atoms with van der Waals surface area (Å²) in [5, 5.41) is 5.64. The van der Waals surface area contributed by atoms with Crippen molar-refractivity contribution in [1.29, 1.82) is 0 Å². The molecule has 2 heterocycles. The molecule has 5 rings (SSSR count). The van der Waals surface area contributed by atoms with Crippen LogP contribution in [0.3, 0.4) is 0 Å². The van der Waals surface area contributed by atoms with Crippen LogP contribution in [0.2, 0.25) is 0 Å². The van der Waals surface area contributed by atoms with Gasteiger partial charge in [-0.15, -0.1) is 0 Å². The molecule has 6 heteroatoms. The number of imidazole rings is 1. The number of hydrogen-bond acceptors (Lipinski definition) is 4. The van der Waals surface area contributed by atoms with E-state index in [4.69, 9.17) is 10.7 Å². The average molecular weight is 448 g/mol. The fraction of sp³-hybridized carbons (Fsp3) is 0.481. The number of hydrogen-bond donors (Lipinski definition) is 2. The lowest BCUT2D eigenvalue weighted by molar-refractivity contribution is 0.129. The van der Waals surface area contributed by atoms with Crippen molar-refractivity contribution in [2.75, 3.05) is 12.3 Å². The van der Waals surface area contributed by atoms with Gasteiger partial charge in [-0.1, -0.05) is 49.8 Å². The highest BCUT2D eigenvalue weighted by Gasteiger charge is 2.28. The van der Waals surface area contributed by atoms with Gasteiger partial charge in [-0.2, -0.15) is 0 Å². The lowest BCUT2D eigenvalue weighted by Crippen LogP contribution is -2.33. The van der Waals surface area contributed by atoms with Crippen molar-refractivity contribution in [3.8, 4) is 0 Å².